The number of carboxylic acid groups (broad SMARTS) is 1. The highest BCUT2D eigenvalue weighted by atomic mass is 16.4. The predicted octanol–water partition coefficient (Wildman–Crippen LogP) is 2.13. The Kier molecular flexibility index (Phi) is 4.88. The van der Waals surface area contributed by atoms with E-state index in [1.165, 1.54) is 11.0 Å². The maximum atomic E-state index is 12.8. The first-order valence-electron chi connectivity index (χ1n) is 8.15. The molecule has 0 saturated carbocycles. The van der Waals surface area contributed by atoms with Gasteiger partial charge in [0.25, 0.3) is 5.91 Å². The molecule has 1 atom stereocenters. The van der Waals surface area contributed by atoms with Crippen LogP contribution in [0, 0.1) is 0 Å². The lowest BCUT2D eigenvalue weighted by molar-refractivity contribution is -0.137. The number of aliphatic carboxylic acids is 1. The molecule has 0 unspecified atom stereocenters. The van der Waals surface area contributed by atoms with Gasteiger partial charge in [-0.2, -0.15) is 9.90 Å². The monoisotopic (exact) mass is 328 g/mol. The lowest BCUT2D eigenvalue weighted by Crippen LogP contribution is -2.44. The molecule has 1 aliphatic heterocycles. The zero-order valence-electron chi connectivity index (χ0n) is 13.3. The standard InChI is InChI=1S/C17H20N4O3/c22-16(23)10-9-13-6-4-5-11-20(13)17(24)15-12-18-21(19-15)14-7-2-1-3-8-14/h1-3,7-8,12-13H,4-6,9-11H2,(H,22,23)/t13-/m0/s1. The molecule has 3 rings (SSSR count). The third-order valence-electron chi connectivity index (χ3n) is 4.28. The van der Waals surface area contributed by atoms with E-state index in [-0.39, 0.29) is 18.4 Å². The van der Waals surface area contributed by atoms with Gasteiger partial charge in [0.1, 0.15) is 0 Å². The van der Waals surface area contributed by atoms with Crippen molar-refractivity contribution >= 4 is 11.9 Å². The third kappa shape index (κ3) is 3.61. The van der Waals surface area contributed by atoms with E-state index in [9.17, 15) is 9.59 Å². The summed E-state index contributed by atoms with van der Waals surface area (Å²) in [6.07, 6.45) is 4.82. The number of nitrogens with zero attached hydrogens (tertiary/aromatic N) is 4. The molecule has 2 heterocycles. The summed E-state index contributed by atoms with van der Waals surface area (Å²) in [5.74, 6) is -1.00. The van der Waals surface area contributed by atoms with E-state index in [0.717, 1.165) is 24.9 Å². The van der Waals surface area contributed by atoms with Crippen molar-refractivity contribution < 1.29 is 14.7 Å². The molecule has 0 spiro atoms. The highest BCUT2D eigenvalue weighted by molar-refractivity contribution is 5.92. The molecular weight excluding hydrogens is 308 g/mol. The largest absolute Gasteiger partial charge is 0.481 e. The maximum absolute atomic E-state index is 12.8. The third-order valence-corrected chi connectivity index (χ3v) is 4.28. The summed E-state index contributed by atoms with van der Waals surface area (Å²) in [4.78, 5) is 26.8. The lowest BCUT2D eigenvalue weighted by Gasteiger charge is -2.35. The Balaban J connectivity index is 1.74. The number of carboxylic acids is 1. The molecule has 1 N–H and O–H groups in total. The second kappa shape index (κ2) is 7.25. The number of piperidine rings is 1. The zero-order valence-corrected chi connectivity index (χ0v) is 13.3. The van der Waals surface area contributed by atoms with Crippen molar-refractivity contribution in [3.05, 3.63) is 42.2 Å². The van der Waals surface area contributed by atoms with Crippen molar-refractivity contribution in [2.45, 2.75) is 38.1 Å². The highest BCUT2D eigenvalue weighted by Crippen LogP contribution is 2.22. The molecule has 1 saturated heterocycles. The van der Waals surface area contributed by atoms with E-state index in [0.29, 0.717) is 18.7 Å². The average molecular weight is 328 g/mol. The molecule has 7 nitrogen and oxygen atoms in total. The Labute approximate surface area is 139 Å². The van der Waals surface area contributed by atoms with E-state index in [1.807, 2.05) is 30.3 Å². The molecular formula is C17H20N4O3. The van der Waals surface area contributed by atoms with Crippen LogP contribution in [0.4, 0.5) is 0 Å². The van der Waals surface area contributed by atoms with Crippen LogP contribution in [0.1, 0.15) is 42.6 Å². The smallest absolute Gasteiger partial charge is 0.303 e. The summed E-state index contributed by atoms with van der Waals surface area (Å²) in [5, 5.41) is 17.3. The minimum atomic E-state index is -0.831. The van der Waals surface area contributed by atoms with E-state index in [1.54, 1.807) is 4.90 Å². The summed E-state index contributed by atoms with van der Waals surface area (Å²) in [6.45, 7) is 0.640. The van der Waals surface area contributed by atoms with E-state index < -0.39 is 5.97 Å². The van der Waals surface area contributed by atoms with Crippen LogP contribution >= 0.6 is 0 Å². The van der Waals surface area contributed by atoms with Crippen LogP contribution in [0.5, 0.6) is 0 Å². The molecule has 1 fully saturated rings. The van der Waals surface area contributed by atoms with Crippen molar-refractivity contribution in [3.63, 3.8) is 0 Å². The lowest BCUT2D eigenvalue weighted by atomic mass is 9.97. The van der Waals surface area contributed by atoms with E-state index in [2.05, 4.69) is 10.2 Å². The summed E-state index contributed by atoms with van der Waals surface area (Å²) in [5.41, 5.74) is 1.08. The first-order chi connectivity index (χ1) is 11.6. The number of para-hydroxylation sites is 1. The average Bonchev–Trinajstić information content (AvgIpc) is 3.10. The molecule has 1 aromatic carbocycles. The summed E-state index contributed by atoms with van der Waals surface area (Å²) in [6, 6.07) is 9.36. The molecule has 1 aliphatic rings. The number of amides is 1. The van der Waals surface area contributed by atoms with Crippen LogP contribution in [0.25, 0.3) is 5.69 Å². The summed E-state index contributed by atoms with van der Waals surface area (Å²) in [7, 11) is 0. The van der Waals surface area contributed by atoms with E-state index in [4.69, 9.17) is 5.11 Å². The second-order valence-electron chi connectivity index (χ2n) is 5.94. The van der Waals surface area contributed by atoms with Crippen molar-refractivity contribution in [2.24, 2.45) is 0 Å². The minimum Gasteiger partial charge on any atom is -0.481 e. The Bertz CT molecular complexity index is 714. The molecule has 2 aromatic rings. The second-order valence-corrected chi connectivity index (χ2v) is 5.94. The zero-order chi connectivity index (χ0) is 16.9. The van der Waals surface area contributed by atoms with Crippen LogP contribution in [0.15, 0.2) is 36.5 Å². The van der Waals surface area contributed by atoms with Gasteiger partial charge in [0.2, 0.25) is 0 Å². The number of carbonyl (C=O) groups is 2. The highest BCUT2D eigenvalue weighted by Gasteiger charge is 2.29. The van der Waals surface area contributed by atoms with Gasteiger partial charge in [-0.15, -0.1) is 5.10 Å². The number of benzene rings is 1. The number of carbonyl (C=O) groups excluding carboxylic acids is 1. The topological polar surface area (TPSA) is 88.3 Å². The molecule has 0 radical (unpaired) electrons. The van der Waals surface area contributed by atoms with Gasteiger partial charge in [0.05, 0.1) is 11.9 Å². The van der Waals surface area contributed by atoms with E-state index >= 15 is 0 Å². The molecule has 24 heavy (non-hydrogen) atoms. The van der Waals surface area contributed by atoms with Crippen molar-refractivity contribution in [2.75, 3.05) is 6.54 Å². The van der Waals surface area contributed by atoms with Crippen LogP contribution in [0.3, 0.4) is 0 Å². The molecule has 126 valence electrons. The number of hydrogen-bond donors (Lipinski definition) is 1. The molecule has 0 bridgehead atoms. The fraction of sp³-hybridized carbons (Fsp3) is 0.412. The van der Waals surface area contributed by atoms with Crippen LogP contribution in [-0.4, -0.2) is 49.5 Å². The fourth-order valence-electron chi connectivity index (χ4n) is 3.05. The molecule has 1 aromatic heterocycles. The quantitative estimate of drug-likeness (QED) is 0.908. The van der Waals surface area contributed by atoms with Crippen LogP contribution < -0.4 is 0 Å². The Morgan fingerprint density at radius 3 is 2.75 bits per heavy atom. The minimum absolute atomic E-state index is 0.0378. The number of aromatic nitrogens is 3. The van der Waals surface area contributed by atoms with Crippen molar-refractivity contribution in [3.8, 4) is 5.69 Å². The van der Waals surface area contributed by atoms with Gasteiger partial charge in [-0.05, 0) is 37.8 Å². The Morgan fingerprint density at radius 2 is 2.00 bits per heavy atom. The normalized spacial score (nSPS) is 17.7. The van der Waals surface area contributed by atoms with Gasteiger partial charge >= 0.3 is 5.97 Å². The van der Waals surface area contributed by atoms with Gasteiger partial charge in [0.15, 0.2) is 5.69 Å². The Hall–Kier alpha value is -2.70. The SMILES string of the molecule is O=C(O)CC[C@@H]1CCCCN1C(=O)c1cnn(-c2ccccc2)n1. The number of hydrogen-bond acceptors (Lipinski definition) is 4. The molecule has 7 heteroatoms. The van der Waals surface area contributed by atoms with Gasteiger partial charge < -0.3 is 10.0 Å². The molecule has 1 amide bonds. The van der Waals surface area contributed by atoms with Gasteiger partial charge in [-0.1, -0.05) is 18.2 Å². The van der Waals surface area contributed by atoms with Gasteiger partial charge in [0, 0.05) is 19.0 Å². The van der Waals surface area contributed by atoms with Crippen LogP contribution in [-0.2, 0) is 4.79 Å². The fourth-order valence-corrected chi connectivity index (χ4v) is 3.05. The molecule has 0 aliphatic carbocycles. The number of rotatable bonds is 5. The van der Waals surface area contributed by atoms with Gasteiger partial charge in [-0.25, -0.2) is 0 Å². The summed E-state index contributed by atoms with van der Waals surface area (Å²) >= 11 is 0. The number of likely N-dealkylation sites (tertiary alicyclic amines) is 1. The summed E-state index contributed by atoms with van der Waals surface area (Å²) < 4.78 is 0. The predicted molar refractivity (Wildman–Crippen MR) is 86.9 cm³/mol. The Morgan fingerprint density at radius 1 is 1.21 bits per heavy atom. The van der Waals surface area contributed by atoms with Gasteiger partial charge in [-0.3, -0.25) is 9.59 Å². The maximum Gasteiger partial charge on any atom is 0.303 e. The van der Waals surface area contributed by atoms with Crippen molar-refractivity contribution in [1.82, 2.24) is 19.9 Å². The van der Waals surface area contributed by atoms with Crippen LogP contribution in [0.2, 0.25) is 0 Å². The first kappa shape index (κ1) is 16.2. The first-order valence-corrected chi connectivity index (χ1v) is 8.15. The van der Waals surface area contributed by atoms with Crippen molar-refractivity contribution in [1.29, 1.82) is 0 Å².